The van der Waals surface area contributed by atoms with E-state index in [1.807, 2.05) is 38.1 Å². The molecule has 10 rings (SSSR count). The molecule has 0 saturated heterocycles. The molecule has 0 aliphatic heterocycles. The molecule has 2 radical (unpaired) electrons. The van der Waals surface area contributed by atoms with E-state index < -0.39 is 50.7 Å². The fourth-order valence-electron chi connectivity index (χ4n) is 10.7. The summed E-state index contributed by atoms with van der Waals surface area (Å²) in [6.07, 6.45) is 0. The van der Waals surface area contributed by atoms with E-state index in [0.717, 1.165) is 44.7 Å². The van der Waals surface area contributed by atoms with Crippen molar-refractivity contribution in [1.82, 2.24) is 9.97 Å². The molecule has 2 aromatic heterocycles. The minimum absolute atomic E-state index is 0.779. The van der Waals surface area contributed by atoms with Crippen molar-refractivity contribution in [3.63, 3.8) is 0 Å². The predicted octanol–water partition coefficient (Wildman–Crippen LogP) is 10.7. The van der Waals surface area contributed by atoms with Crippen LogP contribution in [-0.4, -0.2) is 60.6 Å². The second-order valence-corrected chi connectivity index (χ2v) is 29.3. The third-order valence-corrected chi connectivity index (χ3v) is 28.3. The molecule has 0 atom stereocenters. The van der Waals surface area contributed by atoms with Gasteiger partial charge in [0.15, 0.2) is 0 Å². The van der Waals surface area contributed by atoms with Gasteiger partial charge in [-0.15, -0.1) is 0 Å². The summed E-state index contributed by atoms with van der Waals surface area (Å²) in [6, 6.07) is 68.6. The van der Waals surface area contributed by atoms with Gasteiger partial charge >= 0.3 is 246 Å². The van der Waals surface area contributed by atoms with E-state index in [-0.39, 0.29) is 0 Å². The Balaban J connectivity index is 0.000000182. The summed E-state index contributed by atoms with van der Waals surface area (Å²) in [7, 11) is -5.79. The van der Waals surface area contributed by atoms with Crippen molar-refractivity contribution in [2.75, 3.05) is 0 Å². The maximum atomic E-state index is 7.29. The van der Waals surface area contributed by atoms with E-state index in [2.05, 4.69) is 225 Å². The average molecular weight is 1080 g/mol. The third-order valence-electron chi connectivity index (χ3n) is 14.2. The van der Waals surface area contributed by atoms with Gasteiger partial charge in [0.2, 0.25) is 0 Å². The first-order chi connectivity index (χ1) is 35.8. The van der Waals surface area contributed by atoms with Crippen LogP contribution in [0.3, 0.4) is 0 Å². The Bertz CT molecular complexity index is 3180. The van der Waals surface area contributed by atoms with E-state index in [9.17, 15) is 0 Å². The Morgan fingerprint density at radius 3 is 1.04 bits per heavy atom. The number of rotatable bonds is 14. The van der Waals surface area contributed by atoms with Crippen molar-refractivity contribution < 1.29 is 14.0 Å². The van der Waals surface area contributed by atoms with Crippen LogP contribution in [0.1, 0.15) is 55.9 Å². The standard InChI is InChI=1S/2C21H21OSi.2C11H11NO.Al.Ga/c2*1-16-10-4-7-13-19(16)23(22,20-14-8-5-11-17(20)2)21-15-9-6-12-18(21)3;2*1-7-6-8(2)12-11-9(7)4-3-5-10(11)13;;/h2*4-15H,1-3H3;2*3-6,13H,1-2H3;;/q2*-1;;;2*+2/p-2. The molecule has 0 unspecified atom stereocenters. The molecule has 74 heavy (non-hydrogen) atoms. The molecule has 10 aromatic rings. The number of aryl methyl sites for hydroxylation is 10. The predicted molar refractivity (Wildman–Crippen MR) is 314 cm³/mol. The first kappa shape index (κ1) is 52.6. The van der Waals surface area contributed by atoms with Crippen LogP contribution in [0.15, 0.2) is 194 Å². The topological polar surface area (TPSA) is 62.7 Å². The van der Waals surface area contributed by atoms with Crippen molar-refractivity contribution in [2.45, 2.75) is 69.2 Å². The summed E-state index contributed by atoms with van der Waals surface area (Å²) in [5.74, 6) is 1.59. The zero-order chi connectivity index (χ0) is 52.0. The van der Waals surface area contributed by atoms with E-state index in [4.69, 9.17) is 24.0 Å². The van der Waals surface area contributed by atoms with Gasteiger partial charge in [0, 0.05) is 11.1 Å². The van der Waals surface area contributed by atoms with Crippen LogP contribution in [0.25, 0.3) is 21.8 Å². The first-order valence-electron chi connectivity index (χ1n) is 25.3. The van der Waals surface area contributed by atoms with Gasteiger partial charge in [-0.05, 0) is 84.6 Å². The number of pyridine rings is 2. The Morgan fingerprint density at radius 1 is 0.351 bits per heavy atom. The maximum absolute atomic E-state index is 7.29. The van der Waals surface area contributed by atoms with E-state index in [0.29, 0.717) is 0 Å². The van der Waals surface area contributed by atoms with Gasteiger partial charge in [0.25, 0.3) is 8.32 Å². The molecule has 0 bridgehead atoms. The summed E-state index contributed by atoms with van der Waals surface area (Å²) in [5.41, 5.74) is 13.6. The Hall–Kier alpha value is -6.30. The number of fused-ring (bicyclic) bond motifs is 2. The van der Waals surface area contributed by atoms with Gasteiger partial charge in [-0.3, -0.25) is 0 Å². The Kier molecular flexibility index (Phi) is 16.4. The van der Waals surface area contributed by atoms with Crippen molar-refractivity contribution in [3.8, 4) is 11.5 Å². The van der Waals surface area contributed by atoms with Gasteiger partial charge in [-0.2, -0.15) is 0 Å². The van der Waals surface area contributed by atoms with Crippen LogP contribution < -0.4 is 38.4 Å². The van der Waals surface area contributed by atoms with E-state index >= 15 is 0 Å². The van der Waals surface area contributed by atoms with Crippen molar-refractivity contribution in [1.29, 1.82) is 0 Å². The summed E-state index contributed by atoms with van der Waals surface area (Å²) in [6.45, 7) is 21.5. The average Bonchev–Trinajstić information content (AvgIpc) is 3.39. The molecule has 0 N–H and O–H groups in total. The van der Waals surface area contributed by atoms with Gasteiger partial charge in [-0.25, -0.2) is 4.98 Å². The molecule has 10 heteroatoms. The SMILES string of the molecule is Cc1cc(C)c2cccc([O][Al][O][Si](c3ccccc3C)(c3ccccc3C)c3ccccc3C)c2n1.Cc1cc(C)c2cccc([O][Ga][O][Si](c3ccccc3C)(c3ccccc3C)c3ccccc3C)c2n1. The summed E-state index contributed by atoms with van der Waals surface area (Å²) in [5, 5.41) is 9.86. The fraction of sp³-hybridized carbons (Fsp3) is 0.156. The molecule has 8 aromatic carbocycles. The molecule has 6 nitrogen and oxygen atoms in total. The first-order valence-corrected chi connectivity index (χ1v) is 32.0. The number of hydrogen-bond donors (Lipinski definition) is 0. The van der Waals surface area contributed by atoms with Crippen molar-refractivity contribution in [2.24, 2.45) is 0 Å². The van der Waals surface area contributed by atoms with Gasteiger partial charge in [-0.1, -0.05) is 84.9 Å². The van der Waals surface area contributed by atoms with Crippen molar-refractivity contribution in [3.05, 3.63) is 250 Å². The third kappa shape index (κ3) is 10.5. The molecule has 366 valence electrons. The zero-order valence-corrected chi connectivity index (χ0v) is 49.7. The molecule has 0 aliphatic rings. The van der Waals surface area contributed by atoms with Crippen LogP contribution in [0.4, 0.5) is 0 Å². The van der Waals surface area contributed by atoms with E-state index in [1.165, 1.54) is 75.6 Å². The van der Waals surface area contributed by atoms with Gasteiger partial charge in [0.05, 0.1) is 0 Å². The quantitative estimate of drug-likeness (QED) is 0.0799. The van der Waals surface area contributed by atoms with Crippen LogP contribution in [0, 0.1) is 69.2 Å². The van der Waals surface area contributed by atoms with Crippen LogP contribution in [0.2, 0.25) is 0 Å². The van der Waals surface area contributed by atoms with E-state index in [1.54, 1.807) is 0 Å². The molecule has 0 fully saturated rings. The van der Waals surface area contributed by atoms with Crippen LogP contribution >= 0.6 is 0 Å². The fourth-order valence-corrected chi connectivity index (χ4v) is 25.6. The number of aromatic nitrogens is 2. The Labute approximate surface area is 455 Å². The number of para-hydroxylation sites is 2. The minimum atomic E-state index is -2.91. The second kappa shape index (κ2) is 23.1. The summed E-state index contributed by atoms with van der Waals surface area (Å²) in [4.78, 5) is 9.64. The molecular weight excluding hydrogens is 1010 g/mol. The normalized spacial score (nSPS) is 11.5. The second-order valence-electron chi connectivity index (χ2n) is 19.4. The summed E-state index contributed by atoms with van der Waals surface area (Å²) >= 11 is -2.49. The monoisotopic (exact) mass is 1070 g/mol. The number of hydrogen-bond acceptors (Lipinski definition) is 6. The summed E-state index contributed by atoms with van der Waals surface area (Å²) < 4.78 is 27.6. The number of benzene rings is 8. The van der Waals surface area contributed by atoms with Crippen LogP contribution in [0.5, 0.6) is 11.5 Å². The van der Waals surface area contributed by atoms with Gasteiger partial charge < -0.3 is 7.27 Å². The number of nitrogens with zero attached hydrogens (tertiary/aromatic N) is 2. The zero-order valence-electron chi connectivity index (χ0n) is 44.2. The molecule has 0 amide bonds. The molecule has 0 spiro atoms. The molecule has 2 heterocycles. The van der Waals surface area contributed by atoms with Crippen LogP contribution in [-0.2, 0) is 6.70 Å². The molecule has 0 aliphatic carbocycles. The van der Waals surface area contributed by atoms with Gasteiger partial charge in [0.1, 0.15) is 11.3 Å². The molecule has 0 saturated carbocycles. The van der Waals surface area contributed by atoms with Crippen molar-refractivity contribution >= 4 is 104 Å². The molecular formula is C64H62AlGaN2O4Si2. The Morgan fingerprint density at radius 2 is 0.676 bits per heavy atom.